The molecule has 0 saturated carbocycles. The molecule has 0 saturated heterocycles. The highest BCUT2D eigenvalue weighted by molar-refractivity contribution is 5.78. The Morgan fingerprint density at radius 1 is 1.35 bits per heavy atom. The van der Waals surface area contributed by atoms with E-state index in [1.54, 1.807) is 20.8 Å². The maximum Gasteiger partial charge on any atom is 0.309 e. The highest BCUT2D eigenvalue weighted by atomic mass is 16.9. The number of aliphatic hydroxyl groups excluding tert-OH is 1. The van der Waals surface area contributed by atoms with Gasteiger partial charge in [-0.3, -0.25) is 19.6 Å². The molecule has 20 heavy (non-hydrogen) atoms. The lowest BCUT2D eigenvalue weighted by Crippen LogP contribution is -2.52. The molecule has 0 fully saturated rings. The number of hydroxylamine groups is 2. The van der Waals surface area contributed by atoms with Crippen LogP contribution in [0.5, 0.6) is 0 Å². The summed E-state index contributed by atoms with van der Waals surface area (Å²) in [4.78, 5) is 27.1. The van der Waals surface area contributed by atoms with E-state index in [4.69, 9.17) is 10.3 Å². The first kappa shape index (κ1) is 18.8. The van der Waals surface area contributed by atoms with Gasteiger partial charge < -0.3 is 15.5 Å². The minimum Gasteiger partial charge on any atom is -0.481 e. The van der Waals surface area contributed by atoms with Crippen molar-refractivity contribution < 1.29 is 29.8 Å². The summed E-state index contributed by atoms with van der Waals surface area (Å²) in [6, 6.07) is -0.728. The number of hydrogen-bond acceptors (Lipinski definition) is 6. The summed E-state index contributed by atoms with van der Waals surface area (Å²) < 4.78 is 0. The zero-order valence-electron chi connectivity index (χ0n) is 12.2. The molecule has 118 valence electrons. The van der Waals surface area contributed by atoms with Crippen molar-refractivity contribution >= 4 is 11.9 Å². The Hall–Kier alpha value is -1.22. The lowest BCUT2D eigenvalue weighted by molar-refractivity contribution is -0.320. The Labute approximate surface area is 118 Å². The van der Waals surface area contributed by atoms with Gasteiger partial charge in [-0.05, 0) is 12.3 Å². The van der Waals surface area contributed by atoms with E-state index in [0.29, 0.717) is 5.23 Å². The molecule has 0 rings (SSSR count). The van der Waals surface area contributed by atoms with Crippen molar-refractivity contribution in [3.05, 3.63) is 0 Å². The van der Waals surface area contributed by atoms with Gasteiger partial charge in [-0.25, -0.2) is 0 Å². The van der Waals surface area contributed by atoms with E-state index in [0.717, 1.165) is 0 Å². The van der Waals surface area contributed by atoms with Gasteiger partial charge in [0.25, 0.3) is 0 Å². The molecule has 3 unspecified atom stereocenters. The number of carbonyl (C=O) groups excluding carboxylic acids is 1. The highest BCUT2D eigenvalue weighted by Crippen LogP contribution is 2.18. The van der Waals surface area contributed by atoms with Crippen LogP contribution in [0.4, 0.5) is 0 Å². The summed E-state index contributed by atoms with van der Waals surface area (Å²) in [5.74, 6) is -2.82. The van der Waals surface area contributed by atoms with Crippen LogP contribution in [0.25, 0.3) is 0 Å². The quantitative estimate of drug-likeness (QED) is 0.436. The molecule has 0 aliphatic carbocycles. The maximum atomic E-state index is 11.7. The molecular weight excluding hydrogens is 268 g/mol. The summed E-state index contributed by atoms with van der Waals surface area (Å²) >= 11 is 0. The Morgan fingerprint density at radius 2 is 1.90 bits per heavy atom. The van der Waals surface area contributed by atoms with E-state index < -0.39 is 36.5 Å². The van der Waals surface area contributed by atoms with Crippen LogP contribution in [-0.4, -0.2) is 58.3 Å². The Kier molecular flexibility index (Phi) is 8.31. The minimum absolute atomic E-state index is 0.169. The molecule has 1 amide bonds. The maximum absolute atomic E-state index is 11.7. The standard InChI is InChI=1S/C12H24N2O6/c1-5-8(12(17)18)11(16)10(7(2)3)13-9(15)6-14(19)20-4/h7-8,10-11,16,19H,5-6H2,1-4H3,(H,13,15)(H,17,18). The van der Waals surface area contributed by atoms with Gasteiger partial charge in [-0.2, -0.15) is 0 Å². The van der Waals surface area contributed by atoms with Gasteiger partial charge in [0, 0.05) is 0 Å². The number of aliphatic hydroxyl groups is 1. The van der Waals surface area contributed by atoms with E-state index >= 15 is 0 Å². The molecule has 0 heterocycles. The fourth-order valence-corrected chi connectivity index (χ4v) is 1.88. The molecule has 3 atom stereocenters. The second-order valence-electron chi connectivity index (χ2n) is 4.87. The second kappa shape index (κ2) is 8.85. The molecule has 0 spiro atoms. The van der Waals surface area contributed by atoms with Crippen molar-refractivity contribution in [3.8, 4) is 0 Å². The number of carboxylic acid groups (broad SMARTS) is 1. The van der Waals surface area contributed by atoms with Crippen LogP contribution in [-0.2, 0) is 14.4 Å². The highest BCUT2D eigenvalue weighted by Gasteiger charge is 2.34. The van der Waals surface area contributed by atoms with E-state index in [9.17, 15) is 14.7 Å². The van der Waals surface area contributed by atoms with Crippen molar-refractivity contribution in [1.29, 1.82) is 0 Å². The van der Waals surface area contributed by atoms with Crippen LogP contribution in [0.3, 0.4) is 0 Å². The molecule has 0 aromatic heterocycles. The fraction of sp³-hybridized carbons (Fsp3) is 0.833. The molecule has 0 aromatic rings. The van der Waals surface area contributed by atoms with Crippen LogP contribution in [0.2, 0.25) is 0 Å². The van der Waals surface area contributed by atoms with Gasteiger partial charge in [-0.15, -0.1) is 0 Å². The average Bonchev–Trinajstić information content (AvgIpc) is 2.35. The SMILES string of the molecule is CCC(C(=O)O)C(O)C(NC(=O)CN(O)OC)C(C)C. The summed E-state index contributed by atoms with van der Waals surface area (Å²) in [6.45, 7) is 4.74. The average molecular weight is 292 g/mol. The van der Waals surface area contributed by atoms with Crippen LogP contribution >= 0.6 is 0 Å². The number of hydrogen-bond donors (Lipinski definition) is 4. The van der Waals surface area contributed by atoms with E-state index in [-0.39, 0.29) is 12.3 Å². The zero-order valence-corrected chi connectivity index (χ0v) is 12.2. The van der Waals surface area contributed by atoms with Gasteiger partial charge in [0.2, 0.25) is 5.91 Å². The minimum atomic E-state index is -1.21. The van der Waals surface area contributed by atoms with Crippen LogP contribution in [0.1, 0.15) is 27.2 Å². The van der Waals surface area contributed by atoms with E-state index in [2.05, 4.69) is 10.2 Å². The van der Waals surface area contributed by atoms with Crippen LogP contribution in [0, 0.1) is 11.8 Å². The fourth-order valence-electron chi connectivity index (χ4n) is 1.88. The normalized spacial score (nSPS) is 16.0. The summed E-state index contributed by atoms with van der Waals surface area (Å²) in [5.41, 5.74) is 0. The molecule has 0 bridgehead atoms. The van der Waals surface area contributed by atoms with Gasteiger partial charge in [0.1, 0.15) is 6.54 Å². The number of rotatable bonds is 9. The largest absolute Gasteiger partial charge is 0.481 e. The lowest BCUT2D eigenvalue weighted by atomic mass is 9.88. The molecule has 8 nitrogen and oxygen atoms in total. The molecular formula is C12H24N2O6. The predicted octanol–water partition coefficient (Wildman–Crippen LogP) is -0.148. The molecule has 0 radical (unpaired) electrons. The first-order valence-corrected chi connectivity index (χ1v) is 6.45. The molecule has 0 aliphatic rings. The molecule has 4 N–H and O–H groups in total. The molecule has 0 aromatic carbocycles. The number of carbonyl (C=O) groups is 2. The van der Waals surface area contributed by atoms with Crippen LogP contribution < -0.4 is 5.32 Å². The number of amides is 1. The van der Waals surface area contributed by atoms with Gasteiger partial charge in [-0.1, -0.05) is 26.0 Å². The van der Waals surface area contributed by atoms with Crippen molar-refractivity contribution in [2.75, 3.05) is 13.7 Å². The second-order valence-corrected chi connectivity index (χ2v) is 4.87. The summed E-state index contributed by atoms with van der Waals surface area (Å²) in [5, 5.41) is 31.1. The van der Waals surface area contributed by atoms with Gasteiger partial charge in [0.05, 0.1) is 25.2 Å². The van der Waals surface area contributed by atoms with Crippen molar-refractivity contribution in [2.45, 2.75) is 39.3 Å². The van der Waals surface area contributed by atoms with Crippen molar-refractivity contribution in [2.24, 2.45) is 11.8 Å². The Bertz CT molecular complexity index is 323. The molecule has 0 aliphatic heterocycles. The Balaban J connectivity index is 4.80. The molecule has 8 heteroatoms. The van der Waals surface area contributed by atoms with Gasteiger partial charge >= 0.3 is 5.97 Å². The van der Waals surface area contributed by atoms with Gasteiger partial charge in [0.15, 0.2) is 0 Å². The van der Waals surface area contributed by atoms with Crippen molar-refractivity contribution in [1.82, 2.24) is 10.5 Å². The smallest absolute Gasteiger partial charge is 0.309 e. The first-order chi connectivity index (χ1) is 9.24. The third kappa shape index (κ3) is 5.83. The van der Waals surface area contributed by atoms with E-state index in [1.165, 1.54) is 7.11 Å². The summed E-state index contributed by atoms with van der Waals surface area (Å²) in [6.07, 6.45) is -0.962. The topological polar surface area (TPSA) is 119 Å². The zero-order chi connectivity index (χ0) is 15.9. The lowest BCUT2D eigenvalue weighted by Gasteiger charge is -2.31. The predicted molar refractivity (Wildman–Crippen MR) is 69.7 cm³/mol. The number of aliphatic carboxylic acids is 1. The summed E-state index contributed by atoms with van der Waals surface area (Å²) in [7, 11) is 1.19. The Morgan fingerprint density at radius 3 is 2.25 bits per heavy atom. The number of nitrogens with one attached hydrogen (secondary N) is 1. The van der Waals surface area contributed by atoms with E-state index in [1.807, 2.05) is 0 Å². The first-order valence-electron chi connectivity index (χ1n) is 6.45. The number of nitrogens with zero attached hydrogens (tertiary/aromatic N) is 1. The van der Waals surface area contributed by atoms with Crippen molar-refractivity contribution in [3.63, 3.8) is 0 Å². The monoisotopic (exact) mass is 292 g/mol. The number of carboxylic acids is 1. The third-order valence-electron chi connectivity index (χ3n) is 3.07. The van der Waals surface area contributed by atoms with Crippen LogP contribution in [0.15, 0.2) is 0 Å². The third-order valence-corrected chi connectivity index (χ3v) is 3.07.